The predicted molar refractivity (Wildman–Crippen MR) is 95.4 cm³/mol. The van der Waals surface area contributed by atoms with Crippen LogP contribution in [0.4, 0.5) is 13.2 Å². The van der Waals surface area contributed by atoms with E-state index in [2.05, 4.69) is 15.0 Å². The number of halogens is 3. The molecule has 0 fully saturated rings. The minimum Gasteiger partial charge on any atom is -0.439 e. The first kappa shape index (κ1) is 18.9. The number of esters is 1. The minimum atomic E-state index is -4.68. The van der Waals surface area contributed by atoms with Gasteiger partial charge in [0.15, 0.2) is 11.5 Å². The Balaban J connectivity index is 1.72. The monoisotopic (exact) mass is 401 g/mol. The van der Waals surface area contributed by atoms with Crippen LogP contribution in [0.25, 0.3) is 11.4 Å². The fourth-order valence-corrected chi connectivity index (χ4v) is 2.97. The van der Waals surface area contributed by atoms with E-state index in [1.807, 2.05) is 6.92 Å². The van der Waals surface area contributed by atoms with Crippen molar-refractivity contribution in [1.82, 2.24) is 15.0 Å². The van der Waals surface area contributed by atoms with E-state index in [1.54, 1.807) is 24.3 Å². The minimum absolute atomic E-state index is 0.0200. The number of hydrogen-bond donors (Lipinski definition) is 0. The maximum absolute atomic E-state index is 13.3. The highest BCUT2D eigenvalue weighted by Gasteiger charge is 2.34. The van der Waals surface area contributed by atoms with Crippen molar-refractivity contribution in [2.24, 2.45) is 0 Å². The molecule has 0 bridgehead atoms. The Morgan fingerprint density at radius 2 is 2.00 bits per heavy atom. The van der Waals surface area contributed by atoms with Gasteiger partial charge in [-0.3, -0.25) is 9.78 Å². The van der Waals surface area contributed by atoms with Crippen molar-refractivity contribution in [3.63, 3.8) is 0 Å². The van der Waals surface area contributed by atoms with Crippen LogP contribution in [0.2, 0.25) is 0 Å². The first-order valence-electron chi connectivity index (χ1n) is 8.69. The fourth-order valence-electron chi connectivity index (χ4n) is 2.97. The third-order valence-corrected chi connectivity index (χ3v) is 4.35. The summed E-state index contributed by atoms with van der Waals surface area (Å²) in [6.07, 6.45) is -1.57. The van der Waals surface area contributed by atoms with Crippen LogP contribution < -0.4 is 9.47 Å². The van der Waals surface area contributed by atoms with Gasteiger partial charge in [0.1, 0.15) is 11.5 Å². The summed E-state index contributed by atoms with van der Waals surface area (Å²) in [5, 5.41) is 0. The zero-order chi connectivity index (χ0) is 20.6. The van der Waals surface area contributed by atoms with E-state index < -0.39 is 11.9 Å². The molecule has 0 saturated heterocycles. The van der Waals surface area contributed by atoms with E-state index in [9.17, 15) is 18.0 Å². The van der Waals surface area contributed by atoms with Gasteiger partial charge in [-0.05, 0) is 29.7 Å². The van der Waals surface area contributed by atoms with E-state index >= 15 is 0 Å². The van der Waals surface area contributed by atoms with E-state index in [0.717, 1.165) is 5.56 Å². The molecule has 3 heterocycles. The number of fused-ring (bicyclic) bond motifs is 1. The molecule has 9 heteroatoms. The molecule has 0 N–H and O–H groups in total. The Bertz CT molecular complexity index is 1070. The van der Waals surface area contributed by atoms with Crippen LogP contribution in [0.1, 0.15) is 30.5 Å². The standard InChI is InChI=1S/C20H14F3N3O3/c1-11-7-18(27)29-15-8-13(4-5-14(11)15)28-17-9-16(20(21,22)23)25-19(26-17)12-3-2-6-24-10-12/h2-6,8-11H,7H2,1H3. The van der Waals surface area contributed by atoms with Crippen LogP contribution in [0.3, 0.4) is 0 Å². The Kier molecular flexibility index (Phi) is 4.65. The lowest BCUT2D eigenvalue weighted by molar-refractivity contribution is -0.141. The van der Waals surface area contributed by atoms with Crippen molar-refractivity contribution in [3.05, 3.63) is 60.0 Å². The molecule has 148 valence electrons. The zero-order valence-electron chi connectivity index (χ0n) is 15.1. The van der Waals surface area contributed by atoms with Crippen molar-refractivity contribution in [1.29, 1.82) is 0 Å². The molecule has 1 aromatic carbocycles. The molecule has 0 saturated carbocycles. The molecule has 0 amide bonds. The number of aromatic nitrogens is 3. The van der Waals surface area contributed by atoms with E-state index in [0.29, 0.717) is 17.4 Å². The smallest absolute Gasteiger partial charge is 0.433 e. The number of ether oxygens (including phenoxy) is 2. The number of carbonyl (C=O) groups excluding carboxylic acids is 1. The quantitative estimate of drug-likeness (QED) is 0.465. The number of carbonyl (C=O) groups is 1. The van der Waals surface area contributed by atoms with Gasteiger partial charge in [-0.1, -0.05) is 13.0 Å². The van der Waals surface area contributed by atoms with Gasteiger partial charge in [0.05, 0.1) is 6.42 Å². The van der Waals surface area contributed by atoms with Crippen molar-refractivity contribution in [2.45, 2.75) is 25.4 Å². The predicted octanol–water partition coefficient (Wildman–Crippen LogP) is 4.76. The highest BCUT2D eigenvalue weighted by Crippen LogP contribution is 2.38. The maximum atomic E-state index is 13.3. The van der Waals surface area contributed by atoms with Crippen LogP contribution in [0, 0.1) is 0 Å². The molecular weight excluding hydrogens is 387 g/mol. The molecule has 1 unspecified atom stereocenters. The van der Waals surface area contributed by atoms with Gasteiger partial charge in [0, 0.05) is 30.1 Å². The molecule has 6 nitrogen and oxygen atoms in total. The topological polar surface area (TPSA) is 74.2 Å². The molecule has 1 aliphatic rings. The van der Waals surface area contributed by atoms with Crippen molar-refractivity contribution < 1.29 is 27.4 Å². The van der Waals surface area contributed by atoms with E-state index in [1.165, 1.54) is 18.5 Å². The molecule has 1 atom stereocenters. The molecule has 1 aliphatic heterocycles. The second-order valence-electron chi connectivity index (χ2n) is 6.54. The summed E-state index contributed by atoms with van der Waals surface area (Å²) in [7, 11) is 0. The van der Waals surface area contributed by atoms with Crippen LogP contribution in [-0.2, 0) is 11.0 Å². The Hall–Kier alpha value is -3.49. The fraction of sp³-hybridized carbons (Fsp3) is 0.200. The third-order valence-electron chi connectivity index (χ3n) is 4.35. The number of rotatable bonds is 3. The van der Waals surface area contributed by atoms with Gasteiger partial charge in [-0.25, -0.2) is 4.98 Å². The summed E-state index contributed by atoms with van der Waals surface area (Å²) in [5.41, 5.74) is 0.00248. The molecule has 0 aliphatic carbocycles. The maximum Gasteiger partial charge on any atom is 0.433 e. The van der Waals surface area contributed by atoms with Crippen LogP contribution in [0.5, 0.6) is 17.4 Å². The lowest BCUT2D eigenvalue weighted by atomic mass is 9.95. The zero-order valence-corrected chi connectivity index (χ0v) is 15.1. The van der Waals surface area contributed by atoms with Crippen LogP contribution in [0.15, 0.2) is 48.8 Å². The van der Waals surface area contributed by atoms with Crippen molar-refractivity contribution in [3.8, 4) is 28.8 Å². The average molecular weight is 401 g/mol. The van der Waals surface area contributed by atoms with Gasteiger partial charge in [0.25, 0.3) is 0 Å². The number of pyridine rings is 1. The summed E-state index contributed by atoms with van der Waals surface area (Å²) < 4.78 is 50.6. The third kappa shape index (κ3) is 4.03. The van der Waals surface area contributed by atoms with Gasteiger partial charge < -0.3 is 9.47 Å². The van der Waals surface area contributed by atoms with E-state index in [-0.39, 0.29) is 35.8 Å². The molecular formula is C20H14F3N3O3. The molecule has 0 radical (unpaired) electrons. The largest absolute Gasteiger partial charge is 0.439 e. The summed E-state index contributed by atoms with van der Waals surface area (Å²) in [4.78, 5) is 23.2. The number of hydrogen-bond acceptors (Lipinski definition) is 6. The molecule has 2 aromatic heterocycles. The second kappa shape index (κ2) is 7.16. The Morgan fingerprint density at radius 3 is 2.72 bits per heavy atom. The molecule has 29 heavy (non-hydrogen) atoms. The average Bonchev–Trinajstić information content (AvgIpc) is 2.67. The van der Waals surface area contributed by atoms with Gasteiger partial charge in [0.2, 0.25) is 5.88 Å². The number of alkyl halides is 3. The summed E-state index contributed by atoms with van der Waals surface area (Å²) in [6, 6.07) is 8.60. The van der Waals surface area contributed by atoms with Gasteiger partial charge >= 0.3 is 12.1 Å². The SMILES string of the molecule is CC1CC(=O)Oc2cc(Oc3cc(C(F)(F)F)nc(-c4cccnc4)n3)ccc21. The van der Waals surface area contributed by atoms with Crippen molar-refractivity contribution >= 4 is 5.97 Å². The lowest BCUT2D eigenvalue weighted by Gasteiger charge is -2.21. The molecule has 3 aromatic rings. The lowest BCUT2D eigenvalue weighted by Crippen LogP contribution is -2.18. The van der Waals surface area contributed by atoms with Crippen LogP contribution in [-0.4, -0.2) is 20.9 Å². The Labute approximate surface area is 163 Å². The molecule has 4 rings (SSSR count). The first-order valence-corrected chi connectivity index (χ1v) is 8.69. The van der Waals surface area contributed by atoms with Gasteiger partial charge in [-0.2, -0.15) is 18.2 Å². The number of nitrogens with zero attached hydrogens (tertiary/aromatic N) is 3. The number of benzene rings is 1. The second-order valence-corrected chi connectivity index (χ2v) is 6.54. The van der Waals surface area contributed by atoms with Crippen molar-refractivity contribution in [2.75, 3.05) is 0 Å². The Morgan fingerprint density at radius 1 is 1.17 bits per heavy atom. The summed E-state index contributed by atoms with van der Waals surface area (Å²) in [5.74, 6) is -0.337. The van der Waals surface area contributed by atoms with Gasteiger partial charge in [-0.15, -0.1) is 0 Å². The normalized spacial score (nSPS) is 16.1. The highest BCUT2D eigenvalue weighted by atomic mass is 19.4. The summed E-state index contributed by atoms with van der Waals surface area (Å²) >= 11 is 0. The van der Waals surface area contributed by atoms with E-state index in [4.69, 9.17) is 9.47 Å². The molecule has 0 spiro atoms. The summed E-state index contributed by atoms with van der Waals surface area (Å²) in [6.45, 7) is 1.89. The first-order chi connectivity index (χ1) is 13.8. The highest BCUT2D eigenvalue weighted by molar-refractivity contribution is 5.76. The van der Waals surface area contributed by atoms with Crippen LogP contribution >= 0.6 is 0 Å².